The highest BCUT2D eigenvalue weighted by atomic mass is 19.2. The molecule has 0 unspecified atom stereocenters. The van der Waals surface area contributed by atoms with Crippen molar-refractivity contribution in [3.05, 3.63) is 41.0 Å². The molecule has 0 nitrogen and oxygen atoms in total. The lowest BCUT2D eigenvalue weighted by Gasteiger charge is -2.17. The number of hydrogen-bond acceptors (Lipinski definition) is 0. The fourth-order valence-electron chi connectivity index (χ4n) is 1.95. The molecule has 0 atom stereocenters. The van der Waals surface area contributed by atoms with Gasteiger partial charge in [0.05, 0.1) is 0 Å². The Labute approximate surface area is 92.8 Å². The zero-order valence-corrected chi connectivity index (χ0v) is 8.85. The predicted octanol–water partition coefficient (Wildman–Crippen LogP) is 4.26. The number of alkyl halides is 1. The molecular formula is C13H13F3. The van der Waals surface area contributed by atoms with E-state index in [0.29, 0.717) is 25.7 Å². The highest BCUT2D eigenvalue weighted by Gasteiger charge is 2.15. The third-order valence-corrected chi connectivity index (χ3v) is 2.90. The van der Waals surface area contributed by atoms with Crippen molar-refractivity contribution in [2.45, 2.75) is 31.9 Å². The minimum atomic E-state index is -0.839. The highest BCUT2D eigenvalue weighted by Crippen LogP contribution is 2.27. The first-order chi connectivity index (χ1) is 7.66. The molecule has 1 fully saturated rings. The third kappa shape index (κ3) is 2.46. The van der Waals surface area contributed by atoms with Crippen LogP contribution in [0.25, 0.3) is 6.08 Å². The Morgan fingerprint density at radius 1 is 1.12 bits per heavy atom. The second-order valence-electron chi connectivity index (χ2n) is 4.12. The summed E-state index contributed by atoms with van der Waals surface area (Å²) < 4.78 is 39.1. The molecule has 1 aromatic rings. The summed E-state index contributed by atoms with van der Waals surface area (Å²) in [6.07, 6.45) is 3.15. The third-order valence-electron chi connectivity index (χ3n) is 2.90. The van der Waals surface area contributed by atoms with Crippen LogP contribution in [-0.4, -0.2) is 6.17 Å². The van der Waals surface area contributed by atoms with E-state index >= 15 is 0 Å². The van der Waals surface area contributed by atoms with Gasteiger partial charge >= 0.3 is 0 Å². The summed E-state index contributed by atoms with van der Waals surface area (Å²) in [4.78, 5) is 0. The maximum atomic E-state index is 13.3. The molecule has 3 heteroatoms. The summed E-state index contributed by atoms with van der Waals surface area (Å²) in [6.45, 7) is 0. The standard InChI is InChI=1S/C13H13F3/c14-11-6-4-9(5-7-11)8-10-2-1-3-12(15)13(10)16/h1-3,8,11H,4-7H2. The van der Waals surface area contributed by atoms with Crippen molar-refractivity contribution in [3.8, 4) is 0 Å². The predicted molar refractivity (Wildman–Crippen MR) is 57.7 cm³/mol. The van der Waals surface area contributed by atoms with Gasteiger partial charge in [-0.3, -0.25) is 0 Å². The first-order valence-corrected chi connectivity index (χ1v) is 5.44. The Kier molecular flexibility index (Phi) is 3.32. The van der Waals surface area contributed by atoms with Gasteiger partial charge in [0, 0.05) is 5.56 Å². The monoisotopic (exact) mass is 226 g/mol. The van der Waals surface area contributed by atoms with Crippen molar-refractivity contribution < 1.29 is 13.2 Å². The first kappa shape index (κ1) is 11.2. The Hall–Kier alpha value is -1.25. The number of hydrogen-bond donors (Lipinski definition) is 0. The molecule has 0 amide bonds. The average molecular weight is 226 g/mol. The van der Waals surface area contributed by atoms with Crippen LogP contribution in [0.5, 0.6) is 0 Å². The molecule has 0 bridgehead atoms. The Balaban J connectivity index is 2.19. The quantitative estimate of drug-likeness (QED) is 0.671. The van der Waals surface area contributed by atoms with Gasteiger partial charge in [0.15, 0.2) is 11.6 Å². The topological polar surface area (TPSA) is 0 Å². The second-order valence-corrected chi connectivity index (χ2v) is 4.12. The molecule has 86 valence electrons. The summed E-state index contributed by atoms with van der Waals surface area (Å²) in [5.74, 6) is -1.66. The Morgan fingerprint density at radius 2 is 1.81 bits per heavy atom. The minimum Gasteiger partial charge on any atom is -0.247 e. The maximum Gasteiger partial charge on any atom is 0.166 e. The zero-order chi connectivity index (χ0) is 11.5. The SMILES string of the molecule is Fc1cccc(C=C2CCC(F)CC2)c1F. The Bertz CT molecular complexity index is 400. The molecule has 1 aliphatic carbocycles. The molecule has 0 heterocycles. The summed E-state index contributed by atoms with van der Waals surface area (Å²) in [5, 5.41) is 0. The Morgan fingerprint density at radius 3 is 2.50 bits per heavy atom. The number of allylic oxidation sites excluding steroid dienone is 1. The molecule has 0 radical (unpaired) electrons. The van der Waals surface area contributed by atoms with E-state index in [1.165, 1.54) is 12.1 Å². The molecule has 0 spiro atoms. The largest absolute Gasteiger partial charge is 0.247 e. The van der Waals surface area contributed by atoms with Crippen LogP contribution >= 0.6 is 0 Å². The maximum absolute atomic E-state index is 13.3. The van der Waals surface area contributed by atoms with Gasteiger partial charge in [-0.25, -0.2) is 13.2 Å². The van der Waals surface area contributed by atoms with Crippen LogP contribution < -0.4 is 0 Å². The normalized spacial score (nSPS) is 20.9. The van der Waals surface area contributed by atoms with E-state index in [0.717, 1.165) is 11.6 Å². The summed E-state index contributed by atoms with van der Waals surface area (Å²) in [5.41, 5.74) is 1.26. The minimum absolute atomic E-state index is 0.257. The van der Waals surface area contributed by atoms with Crippen LogP contribution in [-0.2, 0) is 0 Å². The molecule has 1 saturated carbocycles. The molecule has 0 aliphatic heterocycles. The van der Waals surface area contributed by atoms with Crippen LogP contribution in [0.4, 0.5) is 13.2 Å². The van der Waals surface area contributed by atoms with Gasteiger partial charge in [0.2, 0.25) is 0 Å². The number of rotatable bonds is 1. The van der Waals surface area contributed by atoms with Crippen molar-refractivity contribution in [2.24, 2.45) is 0 Å². The van der Waals surface area contributed by atoms with E-state index < -0.39 is 17.8 Å². The molecule has 0 N–H and O–H groups in total. The van der Waals surface area contributed by atoms with Crippen LogP contribution in [0.3, 0.4) is 0 Å². The van der Waals surface area contributed by atoms with E-state index in [4.69, 9.17) is 0 Å². The van der Waals surface area contributed by atoms with Crippen LogP contribution in [0, 0.1) is 11.6 Å². The van der Waals surface area contributed by atoms with Gasteiger partial charge in [0.25, 0.3) is 0 Å². The average Bonchev–Trinajstić information content (AvgIpc) is 2.28. The number of halogens is 3. The molecule has 0 saturated heterocycles. The van der Waals surface area contributed by atoms with E-state index in [-0.39, 0.29) is 5.56 Å². The van der Waals surface area contributed by atoms with E-state index in [1.54, 1.807) is 6.08 Å². The van der Waals surface area contributed by atoms with E-state index in [9.17, 15) is 13.2 Å². The first-order valence-electron chi connectivity index (χ1n) is 5.44. The highest BCUT2D eigenvalue weighted by molar-refractivity contribution is 5.53. The van der Waals surface area contributed by atoms with Gasteiger partial charge in [0.1, 0.15) is 6.17 Å². The number of benzene rings is 1. The fraction of sp³-hybridized carbons (Fsp3) is 0.385. The molecular weight excluding hydrogens is 213 g/mol. The lowest BCUT2D eigenvalue weighted by atomic mass is 9.92. The van der Waals surface area contributed by atoms with Gasteiger partial charge in [-0.15, -0.1) is 0 Å². The van der Waals surface area contributed by atoms with Crippen LogP contribution in [0.15, 0.2) is 23.8 Å². The second kappa shape index (κ2) is 4.73. The van der Waals surface area contributed by atoms with Crippen molar-refractivity contribution in [2.75, 3.05) is 0 Å². The van der Waals surface area contributed by atoms with E-state index in [2.05, 4.69) is 0 Å². The molecule has 0 aromatic heterocycles. The van der Waals surface area contributed by atoms with Gasteiger partial charge in [-0.2, -0.15) is 0 Å². The van der Waals surface area contributed by atoms with Crippen molar-refractivity contribution in [3.63, 3.8) is 0 Å². The van der Waals surface area contributed by atoms with Gasteiger partial charge < -0.3 is 0 Å². The summed E-state index contributed by atoms with van der Waals surface area (Å²) in [7, 11) is 0. The summed E-state index contributed by atoms with van der Waals surface area (Å²) >= 11 is 0. The van der Waals surface area contributed by atoms with Crippen LogP contribution in [0.2, 0.25) is 0 Å². The molecule has 1 aromatic carbocycles. The van der Waals surface area contributed by atoms with E-state index in [1.807, 2.05) is 0 Å². The van der Waals surface area contributed by atoms with Crippen molar-refractivity contribution >= 4 is 6.08 Å². The van der Waals surface area contributed by atoms with Crippen molar-refractivity contribution in [1.82, 2.24) is 0 Å². The lowest BCUT2D eigenvalue weighted by Crippen LogP contribution is -2.07. The van der Waals surface area contributed by atoms with Gasteiger partial charge in [-0.1, -0.05) is 23.8 Å². The molecule has 1 aliphatic rings. The molecule has 16 heavy (non-hydrogen) atoms. The van der Waals surface area contributed by atoms with Gasteiger partial charge in [-0.05, 0) is 31.7 Å². The van der Waals surface area contributed by atoms with Crippen molar-refractivity contribution in [1.29, 1.82) is 0 Å². The fourth-order valence-corrected chi connectivity index (χ4v) is 1.95. The smallest absolute Gasteiger partial charge is 0.166 e. The lowest BCUT2D eigenvalue weighted by molar-refractivity contribution is 0.277. The summed E-state index contributed by atoms with van der Waals surface area (Å²) in [6, 6.07) is 4.11. The van der Waals surface area contributed by atoms with Crippen LogP contribution in [0.1, 0.15) is 31.2 Å². The molecule has 2 rings (SSSR count). The zero-order valence-electron chi connectivity index (χ0n) is 8.85.